The number of aliphatic hydroxyl groups is 1. The molecular weight excluding hydrogens is 678 g/mol. The normalized spacial score (nSPS) is 19.2. The molecule has 2 aromatic carbocycles. The minimum atomic E-state index is -1.06. The van der Waals surface area contributed by atoms with Crippen LogP contribution in [0.2, 0.25) is 0 Å². The van der Waals surface area contributed by atoms with Crippen LogP contribution < -0.4 is 20.1 Å². The number of nitrogens with one attached hydrogen (secondary N) is 2. The molecule has 0 aliphatic carbocycles. The SMILES string of the molecule is CCOC[C@@H](NC(=O)[C@@H](C[C@H](O)[C@@H]1C[C@H](Cc2ccc(OC)c(OCCCOC)c2)[C@H](C)CN1C(=O)NC(=O)OC(C)(C)C)C(C)C)c1ccccc1. The molecule has 1 fully saturated rings. The number of urea groups is 1. The third-order valence-electron chi connectivity index (χ3n) is 9.67. The van der Waals surface area contributed by atoms with Gasteiger partial charge in [-0.2, -0.15) is 0 Å². The second-order valence-electron chi connectivity index (χ2n) is 15.3. The Morgan fingerprint density at radius 1 is 1.02 bits per heavy atom. The Labute approximate surface area is 316 Å². The van der Waals surface area contributed by atoms with Crippen LogP contribution in [-0.2, 0) is 25.4 Å². The lowest BCUT2D eigenvalue weighted by molar-refractivity contribution is -0.129. The van der Waals surface area contributed by atoms with E-state index in [1.807, 2.05) is 69.3 Å². The summed E-state index contributed by atoms with van der Waals surface area (Å²) in [5, 5.41) is 17.5. The number of piperidine rings is 1. The molecule has 0 spiro atoms. The van der Waals surface area contributed by atoms with Crippen molar-refractivity contribution in [3.63, 3.8) is 0 Å². The van der Waals surface area contributed by atoms with Gasteiger partial charge in [0, 0.05) is 39.2 Å². The molecule has 3 N–H and O–H groups in total. The van der Waals surface area contributed by atoms with Crippen LogP contribution >= 0.6 is 0 Å². The van der Waals surface area contributed by atoms with Crippen molar-refractivity contribution in [3.8, 4) is 11.5 Å². The molecule has 12 heteroatoms. The summed E-state index contributed by atoms with van der Waals surface area (Å²) in [7, 11) is 3.26. The molecule has 0 bridgehead atoms. The highest BCUT2D eigenvalue weighted by Crippen LogP contribution is 2.36. The predicted molar refractivity (Wildman–Crippen MR) is 204 cm³/mol. The lowest BCUT2D eigenvalue weighted by atomic mass is 9.76. The van der Waals surface area contributed by atoms with E-state index < -0.39 is 35.8 Å². The summed E-state index contributed by atoms with van der Waals surface area (Å²) < 4.78 is 27.8. The minimum Gasteiger partial charge on any atom is -0.493 e. The second-order valence-corrected chi connectivity index (χ2v) is 15.3. The van der Waals surface area contributed by atoms with E-state index in [-0.39, 0.29) is 36.1 Å². The van der Waals surface area contributed by atoms with Gasteiger partial charge in [-0.25, -0.2) is 14.9 Å². The van der Waals surface area contributed by atoms with Gasteiger partial charge in [-0.1, -0.05) is 57.2 Å². The summed E-state index contributed by atoms with van der Waals surface area (Å²) in [6.45, 7) is 15.2. The van der Waals surface area contributed by atoms with Gasteiger partial charge in [0.15, 0.2) is 11.5 Å². The molecule has 296 valence electrons. The lowest BCUT2D eigenvalue weighted by Crippen LogP contribution is -2.58. The molecule has 0 unspecified atom stereocenters. The zero-order chi connectivity index (χ0) is 39.1. The van der Waals surface area contributed by atoms with E-state index in [1.54, 1.807) is 35.0 Å². The molecule has 1 saturated heterocycles. The molecule has 1 aliphatic rings. The molecule has 0 radical (unpaired) electrons. The van der Waals surface area contributed by atoms with Gasteiger partial charge in [-0.05, 0) is 88.0 Å². The average molecular weight is 742 g/mol. The Bertz CT molecular complexity index is 1430. The number of carbonyl (C=O) groups excluding carboxylic acids is 3. The van der Waals surface area contributed by atoms with Gasteiger partial charge in [-0.3, -0.25) is 4.79 Å². The Balaban J connectivity index is 1.87. The fraction of sp³-hybridized carbons (Fsp3) is 0.634. The molecule has 12 nitrogen and oxygen atoms in total. The first kappa shape index (κ1) is 43.5. The fourth-order valence-corrected chi connectivity index (χ4v) is 6.78. The van der Waals surface area contributed by atoms with Gasteiger partial charge in [0.25, 0.3) is 0 Å². The summed E-state index contributed by atoms with van der Waals surface area (Å²) in [5.74, 6) is 0.482. The number of nitrogens with zero attached hydrogens (tertiary/aromatic N) is 1. The highest BCUT2D eigenvalue weighted by molar-refractivity contribution is 5.91. The van der Waals surface area contributed by atoms with Gasteiger partial charge in [0.2, 0.25) is 5.91 Å². The van der Waals surface area contributed by atoms with Crippen LogP contribution in [0.25, 0.3) is 0 Å². The van der Waals surface area contributed by atoms with E-state index in [9.17, 15) is 19.5 Å². The third-order valence-corrected chi connectivity index (χ3v) is 9.67. The van der Waals surface area contributed by atoms with Crippen molar-refractivity contribution < 1.29 is 43.2 Å². The maximum absolute atomic E-state index is 13.9. The number of likely N-dealkylation sites (tertiary alicyclic amines) is 1. The van der Waals surface area contributed by atoms with Gasteiger partial charge in [-0.15, -0.1) is 0 Å². The van der Waals surface area contributed by atoms with Gasteiger partial charge >= 0.3 is 12.1 Å². The van der Waals surface area contributed by atoms with Crippen molar-refractivity contribution in [1.82, 2.24) is 15.5 Å². The van der Waals surface area contributed by atoms with Gasteiger partial charge in [0.05, 0.1) is 38.5 Å². The summed E-state index contributed by atoms with van der Waals surface area (Å²) in [6, 6.07) is 13.9. The number of carbonyl (C=O) groups is 3. The Morgan fingerprint density at radius 3 is 2.36 bits per heavy atom. The smallest absolute Gasteiger partial charge is 0.415 e. The van der Waals surface area contributed by atoms with Crippen molar-refractivity contribution in [2.24, 2.45) is 23.7 Å². The van der Waals surface area contributed by atoms with Gasteiger partial charge in [0.1, 0.15) is 5.60 Å². The maximum atomic E-state index is 13.9. The molecule has 3 rings (SSSR count). The Kier molecular flexibility index (Phi) is 17.4. The van der Waals surface area contributed by atoms with E-state index in [0.29, 0.717) is 57.3 Å². The van der Waals surface area contributed by atoms with E-state index in [4.69, 9.17) is 23.7 Å². The zero-order valence-electron chi connectivity index (χ0n) is 33.2. The number of benzene rings is 2. The molecule has 6 atom stereocenters. The first-order chi connectivity index (χ1) is 25.2. The van der Waals surface area contributed by atoms with Gasteiger partial charge < -0.3 is 39.0 Å². The molecule has 1 heterocycles. The zero-order valence-corrected chi connectivity index (χ0v) is 33.2. The summed E-state index contributed by atoms with van der Waals surface area (Å²) in [6.07, 6.45) is 0.0357. The second kappa shape index (κ2) is 21.1. The number of hydrogen-bond acceptors (Lipinski definition) is 9. The predicted octanol–water partition coefficient (Wildman–Crippen LogP) is 6.54. The standard InChI is InChI=1S/C41H63N3O9/c1-10-51-26-33(30-15-12-11-13-16-30)42-38(46)32(27(2)3)24-35(45)34-23-31(28(4)25-44(34)39(47)43-40(48)53-41(5,6)7)21-29-17-18-36(50-9)37(22-29)52-20-14-19-49-8/h11-13,15-18,22,27-28,31-35,45H,10,14,19-21,23-26H2,1-9H3,(H,42,46)(H,43,47,48)/t28-,31+,32+,33-,34+,35+/m1/s1. The lowest BCUT2D eigenvalue weighted by Gasteiger charge is -2.45. The summed E-state index contributed by atoms with van der Waals surface area (Å²) in [4.78, 5) is 41.9. The van der Waals surface area contributed by atoms with Crippen LogP contribution in [0.3, 0.4) is 0 Å². The van der Waals surface area contributed by atoms with Crippen LogP contribution in [0.1, 0.15) is 84.9 Å². The number of amides is 4. The molecular formula is C41H63N3O9. The van der Waals surface area contributed by atoms with Crippen molar-refractivity contribution in [2.45, 2.75) is 97.9 Å². The molecule has 1 aliphatic heterocycles. The van der Waals surface area contributed by atoms with Crippen LogP contribution in [-0.4, -0.2) is 93.0 Å². The van der Waals surface area contributed by atoms with Crippen LogP contribution in [0, 0.1) is 23.7 Å². The van der Waals surface area contributed by atoms with Crippen LogP contribution in [0.4, 0.5) is 9.59 Å². The number of ether oxygens (including phenoxy) is 5. The van der Waals surface area contributed by atoms with E-state index in [2.05, 4.69) is 17.6 Å². The molecule has 2 aromatic rings. The summed E-state index contributed by atoms with van der Waals surface area (Å²) in [5.41, 5.74) is 1.16. The van der Waals surface area contributed by atoms with Crippen LogP contribution in [0.15, 0.2) is 48.5 Å². The van der Waals surface area contributed by atoms with Crippen molar-refractivity contribution in [2.75, 3.05) is 47.2 Å². The number of methoxy groups -OCH3 is 2. The molecule has 0 aromatic heterocycles. The number of hydrogen-bond donors (Lipinski definition) is 3. The van der Waals surface area contributed by atoms with Crippen molar-refractivity contribution in [1.29, 1.82) is 0 Å². The highest BCUT2D eigenvalue weighted by atomic mass is 16.6. The number of rotatable bonds is 18. The van der Waals surface area contributed by atoms with E-state index in [1.165, 1.54) is 4.90 Å². The number of alkyl carbamates (subject to hydrolysis) is 1. The van der Waals surface area contributed by atoms with Crippen molar-refractivity contribution >= 4 is 18.0 Å². The third kappa shape index (κ3) is 13.8. The first-order valence-corrected chi connectivity index (χ1v) is 18.9. The maximum Gasteiger partial charge on any atom is 0.415 e. The Morgan fingerprint density at radius 2 is 1.74 bits per heavy atom. The fourth-order valence-electron chi connectivity index (χ4n) is 6.78. The highest BCUT2D eigenvalue weighted by Gasteiger charge is 2.42. The topological polar surface area (TPSA) is 145 Å². The molecule has 4 amide bonds. The number of imide groups is 1. The van der Waals surface area contributed by atoms with E-state index >= 15 is 0 Å². The van der Waals surface area contributed by atoms with E-state index in [0.717, 1.165) is 17.5 Å². The van der Waals surface area contributed by atoms with Crippen LogP contribution in [0.5, 0.6) is 11.5 Å². The molecule has 53 heavy (non-hydrogen) atoms. The largest absolute Gasteiger partial charge is 0.493 e. The van der Waals surface area contributed by atoms with Crippen molar-refractivity contribution in [3.05, 3.63) is 59.7 Å². The number of aliphatic hydroxyl groups excluding tert-OH is 1. The quantitative estimate of drug-likeness (QED) is 0.145. The molecule has 0 saturated carbocycles. The summed E-state index contributed by atoms with van der Waals surface area (Å²) >= 11 is 0. The Hall–Kier alpha value is -3.87. The minimum absolute atomic E-state index is 0.0189. The first-order valence-electron chi connectivity index (χ1n) is 18.9. The average Bonchev–Trinajstić information content (AvgIpc) is 3.10. The monoisotopic (exact) mass is 741 g/mol.